The second-order valence-electron chi connectivity index (χ2n) is 6.11. The largest absolute Gasteiger partial charge is 0.337 e. The molecule has 0 aliphatic rings. The third kappa shape index (κ3) is 4.17. The van der Waals surface area contributed by atoms with Crippen LogP contribution in [0.25, 0.3) is 5.65 Å². The fraction of sp³-hybridized carbons (Fsp3) is 0.167. The first-order chi connectivity index (χ1) is 13.6. The summed E-state index contributed by atoms with van der Waals surface area (Å²) < 4.78 is 7.71. The van der Waals surface area contributed by atoms with Crippen LogP contribution in [-0.4, -0.2) is 30.8 Å². The number of urea groups is 1. The van der Waals surface area contributed by atoms with E-state index in [2.05, 4.69) is 46.8 Å². The number of amides is 2. The Balaban J connectivity index is 1.37. The maximum Gasteiger partial charge on any atom is 0.322 e. The molecule has 2 amide bonds. The molecule has 1 unspecified atom stereocenters. The van der Waals surface area contributed by atoms with E-state index in [9.17, 15) is 4.79 Å². The summed E-state index contributed by atoms with van der Waals surface area (Å²) in [5, 5.41) is 13.5. The molecular formula is C18H16BrN7O2. The van der Waals surface area contributed by atoms with Crippen molar-refractivity contribution in [2.45, 2.75) is 19.4 Å². The van der Waals surface area contributed by atoms with Gasteiger partial charge in [0.15, 0.2) is 11.5 Å². The number of hydrogen-bond donors (Lipinski definition) is 2. The molecule has 0 saturated heterocycles. The summed E-state index contributed by atoms with van der Waals surface area (Å²) in [6.45, 7) is 1.76. The van der Waals surface area contributed by atoms with Crippen LogP contribution < -0.4 is 10.6 Å². The van der Waals surface area contributed by atoms with Gasteiger partial charge in [-0.3, -0.25) is 5.32 Å². The molecule has 10 heteroatoms. The number of benzene rings is 1. The van der Waals surface area contributed by atoms with Crippen LogP contribution in [0.2, 0.25) is 0 Å². The fourth-order valence-corrected chi connectivity index (χ4v) is 2.92. The van der Waals surface area contributed by atoms with E-state index >= 15 is 0 Å². The van der Waals surface area contributed by atoms with Gasteiger partial charge in [0.05, 0.1) is 0 Å². The van der Waals surface area contributed by atoms with Crippen LogP contribution in [0.5, 0.6) is 0 Å². The Morgan fingerprint density at radius 2 is 2.07 bits per heavy atom. The van der Waals surface area contributed by atoms with Gasteiger partial charge in [-0.2, -0.15) is 9.97 Å². The lowest BCUT2D eigenvalue weighted by Crippen LogP contribution is -2.31. The van der Waals surface area contributed by atoms with Gasteiger partial charge in [-0.25, -0.2) is 9.31 Å². The quantitative estimate of drug-likeness (QED) is 0.491. The molecule has 0 radical (unpaired) electrons. The highest BCUT2D eigenvalue weighted by Gasteiger charge is 2.18. The fourth-order valence-electron chi connectivity index (χ4n) is 2.60. The second-order valence-corrected chi connectivity index (χ2v) is 7.03. The Hall–Kier alpha value is -3.27. The van der Waals surface area contributed by atoms with Crippen molar-refractivity contribution in [2.24, 2.45) is 0 Å². The first-order valence-corrected chi connectivity index (χ1v) is 9.32. The first kappa shape index (κ1) is 18.1. The Morgan fingerprint density at radius 1 is 1.25 bits per heavy atom. The van der Waals surface area contributed by atoms with Gasteiger partial charge >= 0.3 is 6.03 Å². The molecule has 9 nitrogen and oxygen atoms in total. The minimum Gasteiger partial charge on any atom is -0.337 e. The number of aromatic nitrogens is 5. The smallest absolute Gasteiger partial charge is 0.322 e. The molecule has 0 aliphatic carbocycles. The summed E-state index contributed by atoms with van der Waals surface area (Å²) in [5.41, 5.74) is 1.69. The van der Waals surface area contributed by atoms with E-state index in [1.165, 1.54) is 0 Å². The predicted molar refractivity (Wildman–Crippen MR) is 105 cm³/mol. The molecule has 3 heterocycles. The Morgan fingerprint density at radius 3 is 2.89 bits per heavy atom. The first-order valence-electron chi connectivity index (χ1n) is 8.53. The summed E-state index contributed by atoms with van der Waals surface area (Å²) >= 11 is 3.37. The molecule has 28 heavy (non-hydrogen) atoms. The third-order valence-electron chi connectivity index (χ3n) is 3.93. The van der Waals surface area contributed by atoms with E-state index in [0.29, 0.717) is 23.8 Å². The zero-order valence-electron chi connectivity index (χ0n) is 14.8. The van der Waals surface area contributed by atoms with E-state index in [1.807, 2.05) is 36.4 Å². The SMILES string of the molecule is CC(NC(=O)Nc1nc2cc(Br)ccn2n1)c1nc(Cc2ccccc2)no1. The van der Waals surface area contributed by atoms with Crippen molar-refractivity contribution < 1.29 is 9.32 Å². The van der Waals surface area contributed by atoms with Crippen LogP contribution in [0, 0.1) is 0 Å². The van der Waals surface area contributed by atoms with Crippen molar-refractivity contribution in [1.82, 2.24) is 30.1 Å². The van der Waals surface area contributed by atoms with Crippen molar-refractivity contribution in [3.63, 3.8) is 0 Å². The summed E-state index contributed by atoms with van der Waals surface area (Å²) in [7, 11) is 0. The number of carbonyl (C=O) groups is 1. The molecule has 0 bridgehead atoms. The molecule has 3 aromatic heterocycles. The molecule has 2 N–H and O–H groups in total. The number of nitrogens with zero attached hydrogens (tertiary/aromatic N) is 5. The second kappa shape index (κ2) is 7.77. The topological polar surface area (TPSA) is 110 Å². The van der Waals surface area contributed by atoms with Gasteiger partial charge in [0.2, 0.25) is 5.89 Å². The van der Waals surface area contributed by atoms with Crippen LogP contribution >= 0.6 is 15.9 Å². The Kier molecular flexibility index (Phi) is 5.02. The highest BCUT2D eigenvalue weighted by molar-refractivity contribution is 9.10. The molecule has 1 atom stereocenters. The van der Waals surface area contributed by atoms with Crippen molar-refractivity contribution in [1.29, 1.82) is 0 Å². The maximum absolute atomic E-state index is 12.2. The highest BCUT2D eigenvalue weighted by Crippen LogP contribution is 2.14. The van der Waals surface area contributed by atoms with Gasteiger partial charge in [0.25, 0.3) is 5.95 Å². The number of halogens is 1. The number of pyridine rings is 1. The lowest BCUT2D eigenvalue weighted by Gasteiger charge is -2.08. The van der Waals surface area contributed by atoms with Crippen molar-refractivity contribution in [3.05, 3.63) is 70.4 Å². The van der Waals surface area contributed by atoms with Gasteiger partial charge in [-0.1, -0.05) is 51.4 Å². The van der Waals surface area contributed by atoms with E-state index < -0.39 is 12.1 Å². The molecule has 1 aromatic carbocycles. The van der Waals surface area contributed by atoms with Crippen LogP contribution in [0.4, 0.5) is 10.7 Å². The Bertz CT molecular complexity index is 1110. The van der Waals surface area contributed by atoms with Crippen LogP contribution in [-0.2, 0) is 6.42 Å². The van der Waals surface area contributed by atoms with Crippen LogP contribution in [0.1, 0.15) is 30.2 Å². The minimum absolute atomic E-state index is 0.193. The van der Waals surface area contributed by atoms with Crippen LogP contribution in [0.3, 0.4) is 0 Å². The summed E-state index contributed by atoms with van der Waals surface area (Å²) in [6, 6.07) is 12.5. The summed E-state index contributed by atoms with van der Waals surface area (Å²) in [6.07, 6.45) is 2.30. The summed E-state index contributed by atoms with van der Waals surface area (Å²) in [5.74, 6) is 1.08. The predicted octanol–water partition coefficient (Wildman–Crippen LogP) is 3.35. The van der Waals surface area contributed by atoms with E-state index in [4.69, 9.17) is 4.52 Å². The monoisotopic (exact) mass is 441 g/mol. The average molecular weight is 442 g/mol. The number of anilines is 1. The zero-order chi connectivity index (χ0) is 19.5. The van der Waals surface area contributed by atoms with E-state index in [-0.39, 0.29) is 5.95 Å². The lowest BCUT2D eigenvalue weighted by atomic mass is 10.1. The van der Waals surface area contributed by atoms with Gasteiger partial charge in [0, 0.05) is 17.1 Å². The molecule has 4 rings (SSSR count). The Labute approximate surface area is 168 Å². The average Bonchev–Trinajstić information content (AvgIpc) is 3.28. The molecule has 142 valence electrons. The van der Waals surface area contributed by atoms with Gasteiger partial charge < -0.3 is 9.84 Å². The molecule has 0 aliphatic heterocycles. The summed E-state index contributed by atoms with van der Waals surface area (Å²) in [4.78, 5) is 20.8. The van der Waals surface area contributed by atoms with Crippen molar-refractivity contribution in [3.8, 4) is 0 Å². The lowest BCUT2D eigenvalue weighted by molar-refractivity contribution is 0.245. The normalized spacial score (nSPS) is 12.1. The van der Waals surface area contributed by atoms with Crippen LogP contribution in [0.15, 0.2) is 57.7 Å². The number of nitrogens with one attached hydrogen (secondary N) is 2. The molecular weight excluding hydrogens is 426 g/mol. The molecule has 0 saturated carbocycles. The highest BCUT2D eigenvalue weighted by atomic mass is 79.9. The van der Waals surface area contributed by atoms with Crippen molar-refractivity contribution >= 4 is 33.6 Å². The van der Waals surface area contributed by atoms with E-state index in [0.717, 1.165) is 10.0 Å². The number of hydrogen-bond acceptors (Lipinski definition) is 6. The molecule has 0 spiro atoms. The third-order valence-corrected chi connectivity index (χ3v) is 4.43. The zero-order valence-corrected chi connectivity index (χ0v) is 16.4. The van der Waals surface area contributed by atoms with Gasteiger partial charge in [-0.15, -0.1) is 5.10 Å². The minimum atomic E-state index is -0.469. The van der Waals surface area contributed by atoms with Gasteiger partial charge in [0.1, 0.15) is 6.04 Å². The number of rotatable bonds is 5. The van der Waals surface area contributed by atoms with Gasteiger partial charge in [-0.05, 0) is 24.6 Å². The standard InChI is InChI=1S/C18H16BrN7O2/c1-11(16-21-14(25-28-16)9-12-5-3-2-4-6-12)20-18(27)23-17-22-15-10-13(19)7-8-26(15)24-17/h2-8,10-11H,9H2,1H3,(H2,20,23,24,27). The van der Waals surface area contributed by atoms with E-state index in [1.54, 1.807) is 23.7 Å². The van der Waals surface area contributed by atoms with Crippen molar-refractivity contribution in [2.75, 3.05) is 5.32 Å². The number of fused-ring (bicyclic) bond motifs is 1. The molecule has 0 fully saturated rings. The number of carbonyl (C=O) groups excluding carboxylic acids is 1. The maximum atomic E-state index is 12.2. The molecule has 4 aromatic rings.